The molecule has 1 aliphatic carbocycles. The molecule has 0 amide bonds. The maximum Gasteiger partial charge on any atom is 0.0956 e. The highest BCUT2D eigenvalue weighted by atomic mass is 32.1. The van der Waals surface area contributed by atoms with Crippen molar-refractivity contribution in [3.63, 3.8) is 0 Å². The highest BCUT2D eigenvalue weighted by Gasteiger charge is 2.33. The van der Waals surface area contributed by atoms with E-state index in [-0.39, 0.29) is 5.54 Å². The van der Waals surface area contributed by atoms with Gasteiger partial charge < -0.3 is 5.73 Å². The van der Waals surface area contributed by atoms with Gasteiger partial charge in [-0.2, -0.15) is 0 Å². The van der Waals surface area contributed by atoms with Gasteiger partial charge in [0.1, 0.15) is 0 Å². The van der Waals surface area contributed by atoms with Crippen LogP contribution in [0.4, 0.5) is 0 Å². The van der Waals surface area contributed by atoms with Crippen molar-refractivity contribution in [2.75, 3.05) is 0 Å². The molecule has 108 valence electrons. The van der Waals surface area contributed by atoms with Gasteiger partial charge in [0.2, 0.25) is 0 Å². The van der Waals surface area contributed by atoms with Gasteiger partial charge in [0.25, 0.3) is 0 Å². The van der Waals surface area contributed by atoms with Crippen molar-refractivity contribution < 1.29 is 0 Å². The molecule has 1 unspecified atom stereocenters. The molecule has 0 spiro atoms. The van der Waals surface area contributed by atoms with E-state index in [1.165, 1.54) is 29.0 Å². The molecule has 3 heteroatoms. The van der Waals surface area contributed by atoms with Crippen molar-refractivity contribution in [1.82, 2.24) is 4.98 Å². The minimum Gasteiger partial charge on any atom is -0.325 e. The Hall–Kier alpha value is -0.930. The van der Waals surface area contributed by atoms with Crippen molar-refractivity contribution >= 4 is 21.6 Å². The first-order valence-corrected chi connectivity index (χ1v) is 8.41. The molecule has 20 heavy (non-hydrogen) atoms. The highest BCUT2D eigenvalue weighted by molar-refractivity contribution is 7.18. The third-order valence-electron chi connectivity index (χ3n) is 4.67. The molecular formula is C17H24N2S. The van der Waals surface area contributed by atoms with Gasteiger partial charge in [0, 0.05) is 12.0 Å². The van der Waals surface area contributed by atoms with Crippen LogP contribution in [-0.4, -0.2) is 10.5 Å². The van der Waals surface area contributed by atoms with Crippen LogP contribution in [0.2, 0.25) is 0 Å². The zero-order chi connectivity index (χ0) is 14.2. The van der Waals surface area contributed by atoms with Crippen molar-refractivity contribution in [3.8, 4) is 0 Å². The lowest BCUT2D eigenvalue weighted by Crippen LogP contribution is -2.41. The molecular weight excluding hydrogens is 264 g/mol. The van der Waals surface area contributed by atoms with E-state index in [0.29, 0.717) is 5.41 Å². The predicted molar refractivity (Wildman–Crippen MR) is 87.1 cm³/mol. The Bertz CT molecular complexity index is 569. The molecule has 1 aromatic carbocycles. The van der Waals surface area contributed by atoms with Gasteiger partial charge >= 0.3 is 0 Å². The second-order valence-corrected chi connectivity index (χ2v) is 8.25. The number of nitrogens with zero attached hydrogens (tertiary/aromatic N) is 1. The number of fused-ring (bicyclic) bond motifs is 1. The number of para-hydroxylation sites is 1. The molecule has 1 aliphatic rings. The second-order valence-electron chi connectivity index (χ2n) is 7.13. The van der Waals surface area contributed by atoms with Crippen molar-refractivity contribution in [2.24, 2.45) is 11.1 Å². The molecule has 2 nitrogen and oxygen atoms in total. The normalized spacial score (nSPS) is 26.6. The summed E-state index contributed by atoms with van der Waals surface area (Å²) in [6, 6.07) is 8.37. The minimum absolute atomic E-state index is 0.0539. The van der Waals surface area contributed by atoms with Crippen LogP contribution in [-0.2, 0) is 6.42 Å². The monoisotopic (exact) mass is 288 g/mol. The van der Waals surface area contributed by atoms with Crippen molar-refractivity contribution in [3.05, 3.63) is 29.3 Å². The van der Waals surface area contributed by atoms with E-state index in [1.54, 1.807) is 11.3 Å². The number of benzene rings is 1. The van der Waals surface area contributed by atoms with Gasteiger partial charge in [0.05, 0.1) is 15.2 Å². The first-order chi connectivity index (χ1) is 9.46. The topological polar surface area (TPSA) is 38.9 Å². The Morgan fingerprint density at radius 3 is 2.75 bits per heavy atom. The van der Waals surface area contributed by atoms with E-state index < -0.39 is 0 Å². The fraction of sp³-hybridized carbons (Fsp3) is 0.588. The number of rotatable bonds is 2. The summed E-state index contributed by atoms with van der Waals surface area (Å²) in [5.41, 5.74) is 8.22. The lowest BCUT2D eigenvalue weighted by atomic mass is 9.83. The summed E-state index contributed by atoms with van der Waals surface area (Å²) in [5, 5.41) is 1.20. The third kappa shape index (κ3) is 3.04. The van der Waals surface area contributed by atoms with Crippen LogP contribution in [0, 0.1) is 5.41 Å². The summed E-state index contributed by atoms with van der Waals surface area (Å²) in [4.78, 5) is 4.76. The number of hydrogen-bond acceptors (Lipinski definition) is 3. The summed E-state index contributed by atoms with van der Waals surface area (Å²) in [5.74, 6) is 0. The van der Waals surface area contributed by atoms with Crippen LogP contribution in [0.5, 0.6) is 0 Å². The molecule has 0 radical (unpaired) electrons. The van der Waals surface area contributed by atoms with Crippen LogP contribution in [0.15, 0.2) is 24.3 Å². The largest absolute Gasteiger partial charge is 0.325 e. The number of aromatic nitrogens is 1. The maximum atomic E-state index is 6.70. The molecule has 0 aliphatic heterocycles. The zero-order valence-corrected chi connectivity index (χ0v) is 13.3. The summed E-state index contributed by atoms with van der Waals surface area (Å²) in [7, 11) is 0. The zero-order valence-electron chi connectivity index (χ0n) is 12.5. The lowest BCUT2D eigenvalue weighted by Gasteiger charge is -2.28. The van der Waals surface area contributed by atoms with Crippen molar-refractivity contribution in [1.29, 1.82) is 0 Å². The number of nitrogens with two attached hydrogens (primary N) is 1. The van der Waals surface area contributed by atoms with Gasteiger partial charge in [-0.3, -0.25) is 0 Å². The fourth-order valence-electron chi connectivity index (χ4n) is 3.23. The highest BCUT2D eigenvalue weighted by Crippen LogP contribution is 2.39. The molecule has 1 aromatic heterocycles. The van der Waals surface area contributed by atoms with E-state index in [1.807, 2.05) is 0 Å². The van der Waals surface area contributed by atoms with Gasteiger partial charge in [-0.05, 0) is 43.2 Å². The first-order valence-electron chi connectivity index (χ1n) is 7.59. The van der Waals surface area contributed by atoms with Crippen LogP contribution >= 0.6 is 11.3 Å². The Kier molecular flexibility index (Phi) is 3.59. The Morgan fingerprint density at radius 1 is 1.15 bits per heavy atom. The molecule has 1 heterocycles. The summed E-state index contributed by atoms with van der Waals surface area (Å²) in [6.07, 6.45) is 6.96. The second kappa shape index (κ2) is 5.12. The Labute approximate surface area is 125 Å². The minimum atomic E-state index is -0.0539. The van der Waals surface area contributed by atoms with Gasteiger partial charge in [-0.15, -0.1) is 11.3 Å². The summed E-state index contributed by atoms with van der Waals surface area (Å²) >= 11 is 1.81. The predicted octanol–water partition coefficient (Wildman–Crippen LogP) is 4.53. The van der Waals surface area contributed by atoms with E-state index in [0.717, 1.165) is 24.8 Å². The molecule has 2 N–H and O–H groups in total. The lowest BCUT2D eigenvalue weighted by molar-refractivity contribution is 0.297. The number of hydrogen-bond donors (Lipinski definition) is 1. The van der Waals surface area contributed by atoms with Crippen LogP contribution in [0.25, 0.3) is 10.2 Å². The average molecular weight is 288 g/mol. The smallest absolute Gasteiger partial charge is 0.0956 e. The van der Waals surface area contributed by atoms with Gasteiger partial charge in [-0.1, -0.05) is 32.4 Å². The van der Waals surface area contributed by atoms with E-state index in [9.17, 15) is 0 Å². The molecule has 3 rings (SSSR count). The van der Waals surface area contributed by atoms with Crippen LogP contribution in [0.1, 0.15) is 51.0 Å². The maximum absolute atomic E-state index is 6.70. The fourth-order valence-corrected chi connectivity index (χ4v) is 4.35. The summed E-state index contributed by atoms with van der Waals surface area (Å²) in [6.45, 7) is 4.74. The Balaban J connectivity index is 1.78. The summed E-state index contributed by atoms with van der Waals surface area (Å²) < 4.78 is 1.28. The number of thiazole rings is 1. The van der Waals surface area contributed by atoms with Gasteiger partial charge in [-0.25, -0.2) is 4.98 Å². The quantitative estimate of drug-likeness (QED) is 0.825. The van der Waals surface area contributed by atoms with E-state index >= 15 is 0 Å². The molecule has 0 saturated heterocycles. The first kappa shape index (κ1) is 14.0. The Morgan fingerprint density at radius 2 is 1.95 bits per heavy atom. The van der Waals surface area contributed by atoms with Crippen LogP contribution < -0.4 is 5.73 Å². The molecule has 0 bridgehead atoms. The van der Waals surface area contributed by atoms with E-state index in [2.05, 4.69) is 38.1 Å². The van der Waals surface area contributed by atoms with Crippen molar-refractivity contribution in [2.45, 2.75) is 57.9 Å². The van der Waals surface area contributed by atoms with E-state index in [4.69, 9.17) is 10.7 Å². The average Bonchev–Trinajstić information content (AvgIpc) is 2.72. The van der Waals surface area contributed by atoms with Crippen LogP contribution in [0.3, 0.4) is 0 Å². The molecule has 1 fully saturated rings. The molecule has 2 aromatic rings. The van der Waals surface area contributed by atoms with Gasteiger partial charge in [0.15, 0.2) is 0 Å². The standard InChI is InChI=1S/C17H24N2S/c1-16(2)8-5-9-17(18,11-10-16)12-15-19-13-6-3-4-7-14(13)20-15/h3-4,6-7H,5,8-12,18H2,1-2H3. The molecule has 1 atom stereocenters. The SMILES string of the molecule is CC1(C)CCCC(N)(Cc2nc3ccccc3s2)CC1. The third-order valence-corrected chi connectivity index (χ3v) is 5.71. The molecule has 1 saturated carbocycles.